The molecule has 20 heavy (non-hydrogen) atoms. The van der Waals surface area contributed by atoms with Crippen LogP contribution in [0.2, 0.25) is 0 Å². The van der Waals surface area contributed by atoms with Gasteiger partial charge in [-0.1, -0.05) is 18.2 Å². The maximum absolute atomic E-state index is 10.3. The minimum atomic E-state index is -0.509. The van der Waals surface area contributed by atoms with Crippen molar-refractivity contribution in [3.8, 4) is 0 Å². The molecule has 1 aromatic carbocycles. The first-order valence-electron chi connectivity index (χ1n) is 6.90. The van der Waals surface area contributed by atoms with Crippen LogP contribution in [0.15, 0.2) is 35.3 Å². The molecule has 106 valence electrons. The van der Waals surface area contributed by atoms with Crippen LogP contribution in [0.3, 0.4) is 0 Å². The van der Waals surface area contributed by atoms with Crippen LogP contribution < -0.4 is 10.6 Å². The van der Waals surface area contributed by atoms with E-state index in [0.29, 0.717) is 12.6 Å². The molecule has 1 aliphatic carbocycles. The summed E-state index contributed by atoms with van der Waals surface area (Å²) < 4.78 is 1.21. The fourth-order valence-corrected chi connectivity index (χ4v) is 3.13. The third-order valence-electron chi connectivity index (χ3n) is 3.38. The topological polar surface area (TPSA) is 56.7 Å². The van der Waals surface area contributed by atoms with Gasteiger partial charge in [-0.15, -0.1) is 11.3 Å². The zero-order chi connectivity index (χ0) is 13.9. The molecule has 1 atom stereocenters. The smallest absolute Gasteiger partial charge is 0.191 e. The summed E-state index contributed by atoms with van der Waals surface area (Å²) in [6.45, 7) is 0.471. The van der Waals surface area contributed by atoms with E-state index in [1.54, 1.807) is 18.4 Å². The summed E-state index contributed by atoms with van der Waals surface area (Å²) in [6, 6.07) is 10.8. The third kappa shape index (κ3) is 3.11. The summed E-state index contributed by atoms with van der Waals surface area (Å²) in [7, 11) is 1.75. The molecular formula is C15H19N3OS. The Bertz CT molecular complexity index is 585. The van der Waals surface area contributed by atoms with Gasteiger partial charge in [0.1, 0.15) is 6.10 Å². The maximum Gasteiger partial charge on any atom is 0.191 e. The van der Waals surface area contributed by atoms with Gasteiger partial charge in [0.25, 0.3) is 0 Å². The van der Waals surface area contributed by atoms with Crippen molar-refractivity contribution in [3.05, 3.63) is 35.2 Å². The molecule has 3 N–H and O–H groups in total. The van der Waals surface area contributed by atoms with E-state index in [2.05, 4.69) is 33.8 Å². The summed E-state index contributed by atoms with van der Waals surface area (Å²) in [5.41, 5.74) is 0. The van der Waals surface area contributed by atoms with Crippen molar-refractivity contribution in [1.29, 1.82) is 0 Å². The molecule has 4 nitrogen and oxygen atoms in total. The van der Waals surface area contributed by atoms with Crippen LogP contribution in [0.1, 0.15) is 23.8 Å². The number of aliphatic hydroxyl groups is 1. The van der Waals surface area contributed by atoms with Crippen molar-refractivity contribution < 1.29 is 5.11 Å². The van der Waals surface area contributed by atoms with Gasteiger partial charge in [-0.25, -0.2) is 0 Å². The van der Waals surface area contributed by atoms with E-state index in [1.165, 1.54) is 22.9 Å². The highest BCUT2D eigenvalue weighted by Gasteiger charge is 2.22. The van der Waals surface area contributed by atoms with Crippen LogP contribution in [0.25, 0.3) is 10.1 Å². The highest BCUT2D eigenvalue weighted by molar-refractivity contribution is 7.19. The maximum atomic E-state index is 10.3. The monoisotopic (exact) mass is 289 g/mol. The molecule has 1 aromatic heterocycles. The number of aliphatic imine (C=N–C) groups is 1. The molecule has 0 saturated heterocycles. The highest BCUT2D eigenvalue weighted by Crippen LogP contribution is 2.29. The predicted molar refractivity (Wildman–Crippen MR) is 84.3 cm³/mol. The van der Waals surface area contributed by atoms with Gasteiger partial charge < -0.3 is 15.7 Å². The van der Waals surface area contributed by atoms with Crippen molar-refractivity contribution in [2.45, 2.75) is 25.0 Å². The lowest BCUT2D eigenvalue weighted by Gasteiger charge is -2.14. The van der Waals surface area contributed by atoms with Crippen LogP contribution in [-0.4, -0.2) is 30.7 Å². The lowest BCUT2D eigenvalue weighted by molar-refractivity contribution is 0.184. The Morgan fingerprint density at radius 2 is 2.25 bits per heavy atom. The molecule has 1 unspecified atom stereocenters. The highest BCUT2D eigenvalue weighted by atomic mass is 32.1. The SMILES string of the molecule is CN=C(NCC(O)c1cc2ccccc2s1)NC1CC1. The van der Waals surface area contributed by atoms with Gasteiger partial charge in [0, 0.05) is 29.2 Å². The number of rotatable bonds is 4. The lowest BCUT2D eigenvalue weighted by atomic mass is 10.2. The average molecular weight is 289 g/mol. The van der Waals surface area contributed by atoms with Gasteiger partial charge in [-0.05, 0) is 30.4 Å². The quantitative estimate of drug-likeness (QED) is 0.598. The van der Waals surface area contributed by atoms with E-state index in [1.807, 2.05) is 12.1 Å². The van der Waals surface area contributed by atoms with Gasteiger partial charge in [0.05, 0.1) is 0 Å². The van der Waals surface area contributed by atoms with Crippen LogP contribution >= 0.6 is 11.3 Å². The standard InChI is InChI=1S/C15H19N3OS/c1-16-15(18-11-6-7-11)17-9-12(19)14-8-10-4-2-3-5-13(10)20-14/h2-5,8,11-12,19H,6-7,9H2,1H3,(H2,16,17,18). The number of thiophene rings is 1. The number of hydrogen-bond donors (Lipinski definition) is 3. The van der Waals surface area contributed by atoms with Crippen molar-refractivity contribution >= 4 is 27.4 Å². The van der Waals surface area contributed by atoms with Gasteiger partial charge in [-0.3, -0.25) is 4.99 Å². The number of fused-ring (bicyclic) bond motifs is 1. The number of aliphatic hydroxyl groups excluding tert-OH is 1. The zero-order valence-electron chi connectivity index (χ0n) is 11.5. The van der Waals surface area contributed by atoms with Gasteiger partial charge in [-0.2, -0.15) is 0 Å². The minimum absolute atomic E-state index is 0.471. The normalized spacial score (nSPS) is 17.2. The van der Waals surface area contributed by atoms with Gasteiger partial charge >= 0.3 is 0 Å². The Kier molecular flexibility index (Phi) is 3.89. The molecule has 0 spiro atoms. The molecule has 0 amide bonds. The molecule has 0 aliphatic heterocycles. The molecule has 1 heterocycles. The molecule has 2 aromatic rings. The first kappa shape index (κ1) is 13.4. The molecule has 1 saturated carbocycles. The summed E-state index contributed by atoms with van der Waals surface area (Å²) in [4.78, 5) is 5.15. The summed E-state index contributed by atoms with van der Waals surface area (Å²) in [5.74, 6) is 0.771. The molecule has 0 bridgehead atoms. The molecular weight excluding hydrogens is 270 g/mol. The largest absolute Gasteiger partial charge is 0.386 e. The van der Waals surface area contributed by atoms with E-state index in [-0.39, 0.29) is 0 Å². The Morgan fingerprint density at radius 1 is 1.45 bits per heavy atom. The van der Waals surface area contributed by atoms with E-state index in [0.717, 1.165) is 10.8 Å². The Labute approximate surface area is 122 Å². The van der Waals surface area contributed by atoms with Crippen molar-refractivity contribution in [3.63, 3.8) is 0 Å². The predicted octanol–water partition coefficient (Wildman–Crippen LogP) is 2.26. The first-order chi connectivity index (χ1) is 9.76. The molecule has 1 aliphatic rings. The minimum Gasteiger partial charge on any atom is -0.386 e. The third-order valence-corrected chi connectivity index (χ3v) is 4.59. The molecule has 1 fully saturated rings. The summed E-state index contributed by atoms with van der Waals surface area (Å²) >= 11 is 1.64. The fraction of sp³-hybridized carbons (Fsp3) is 0.400. The Balaban J connectivity index is 1.61. The fourth-order valence-electron chi connectivity index (χ4n) is 2.08. The Hall–Kier alpha value is -1.59. The second kappa shape index (κ2) is 5.81. The summed E-state index contributed by atoms with van der Waals surface area (Å²) in [6.07, 6.45) is 1.91. The van der Waals surface area contributed by atoms with Crippen LogP contribution in [0.4, 0.5) is 0 Å². The van der Waals surface area contributed by atoms with E-state index in [9.17, 15) is 5.11 Å². The Morgan fingerprint density at radius 3 is 2.95 bits per heavy atom. The van der Waals surface area contributed by atoms with Crippen molar-refractivity contribution in [1.82, 2.24) is 10.6 Å². The van der Waals surface area contributed by atoms with Crippen LogP contribution in [0, 0.1) is 0 Å². The second-order valence-corrected chi connectivity index (χ2v) is 6.19. The summed E-state index contributed by atoms with van der Waals surface area (Å²) in [5, 5.41) is 18.0. The van der Waals surface area contributed by atoms with Crippen LogP contribution in [0.5, 0.6) is 0 Å². The number of hydrogen-bond acceptors (Lipinski definition) is 3. The second-order valence-electron chi connectivity index (χ2n) is 5.07. The van der Waals surface area contributed by atoms with Crippen LogP contribution in [-0.2, 0) is 0 Å². The van der Waals surface area contributed by atoms with E-state index in [4.69, 9.17) is 0 Å². The van der Waals surface area contributed by atoms with Crippen molar-refractivity contribution in [2.24, 2.45) is 4.99 Å². The lowest BCUT2D eigenvalue weighted by Crippen LogP contribution is -2.40. The van der Waals surface area contributed by atoms with E-state index >= 15 is 0 Å². The zero-order valence-corrected chi connectivity index (χ0v) is 12.3. The molecule has 0 radical (unpaired) electrons. The average Bonchev–Trinajstić information content (AvgIpc) is 3.18. The molecule has 5 heteroatoms. The van der Waals surface area contributed by atoms with E-state index < -0.39 is 6.10 Å². The number of nitrogens with one attached hydrogen (secondary N) is 2. The number of benzene rings is 1. The number of guanidine groups is 1. The van der Waals surface area contributed by atoms with Gasteiger partial charge in [0.15, 0.2) is 5.96 Å². The number of nitrogens with zero attached hydrogens (tertiary/aromatic N) is 1. The first-order valence-corrected chi connectivity index (χ1v) is 7.71. The molecule has 3 rings (SSSR count). The van der Waals surface area contributed by atoms with Gasteiger partial charge in [0.2, 0.25) is 0 Å². The van der Waals surface area contributed by atoms with Crippen molar-refractivity contribution in [2.75, 3.05) is 13.6 Å².